The number of phenolic OH excluding ortho intramolecular Hbond substituents is 1. The molecule has 1 fully saturated rings. The Hall–Kier alpha value is -2.30. The molecule has 1 aromatic rings. The molecule has 0 spiro atoms. The van der Waals surface area contributed by atoms with E-state index in [1.807, 2.05) is 0 Å². The third kappa shape index (κ3) is 2.99. The molecule has 1 atom stereocenters. The molecule has 1 aromatic carbocycles. The Kier molecular flexibility index (Phi) is 3.79. The van der Waals surface area contributed by atoms with Crippen LogP contribution in [0.2, 0.25) is 0 Å². The zero-order valence-corrected chi connectivity index (χ0v) is 11.2. The Bertz CT molecular complexity index is 549. The molecule has 1 unspecified atom stereocenters. The Balaban J connectivity index is 1.99. The highest BCUT2D eigenvalue weighted by Crippen LogP contribution is 2.30. The number of carboxylic acid groups (broad SMARTS) is 1. The van der Waals surface area contributed by atoms with Crippen LogP contribution in [0.15, 0.2) is 30.3 Å². The van der Waals surface area contributed by atoms with Gasteiger partial charge in [0.2, 0.25) is 5.91 Å². The van der Waals surface area contributed by atoms with Gasteiger partial charge >= 0.3 is 5.97 Å². The molecule has 0 bridgehead atoms. The van der Waals surface area contributed by atoms with Gasteiger partial charge in [0, 0.05) is 19.2 Å². The lowest BCUT2D eigenvalue weighted by molar-refractivity contribution is -0.147. The number of carbonyl (C=O) groups excluding carboxylic acids is 1. The van der Waals surface area contributed by atoms with E-state index in [1.54, 1.807) is 42.2 Å². The highest BCUT2D eigenvalue weighted by atomic mass is 16.4. The first kappa shape index (κ1) is 14.1. The second-order valence-electron chi connectivity index (χ2n) is 5.30. The number of carbonyl (C=O) groups is 2. The largest absolute Gasteiger partial charge is 0.508 e. The van der Waals surface area contributed by atoms with E-state index in [0.29, 0.717) is 13.0 Å². The summed E-state index contributed by atoms with van der Waals surface area (Å²) < 4.78 is 0. The van der Waals surface area contributed by atoms with E-state index < -0.39 is 11.4 Å². The topological polar surface area (TPSA) is 77.8 Å². The first-order valence-electron chi connectivity index (χ1n) is 6.40. The van der Waals surface area contributed by atoms with Gasteiger partial charge in [-0.2, -0.15) is 0 Å². The minimum absolute atomic E-state index is 0.172. The van der Waals surface area contributed by atoms with Crippen molar-refractivity contribution in [2.45, 2.75) is 13.3 Å². The molecule has 20 heavy (non-hydrogen) atoms. The molecule has 1 aliphatic heterocycles. The van der Waals surface area contributed by atoms with Gasteiger partial charge in [0.05, 0.1) is 5.41 Å². The van der Waals surface area contributed by atoms with Crippen molar-refractivity contribution in [3.8, 4) is 5.75 Å². The van der Waals surface area contributed by atoms with Gasteiger partial charge in [0.15, 0.2) is 0 Å². The Morgan fingerprint density at radius 2 is 1.95 bits per heavy atom. The molecule has 0 aliphatic carbocycles. The molecule has 106 valence electrons. The summed E-state index contributed by atoms with van der Waals surface area (Å²) in [5, 5.41) is 18.3. The molecule has 1 amide bonds. The van der Waals surface area contributed by atoms with Crippen LogP contribution in [0.5, 0.6) is 5.75 Å². The number of hydrogen-bond acceptors (Lipinski definition) is 3. The number of benzene rings is 1. The fraction of sp³-hybridized carbons (Fsp3) is 0.333. The molecule has 1 heterocycles. The SMILES string of the molecule is CC1(C(=O)O)CCN(C(=O)C=Cc2ccc(O)cc2)C1. The molecular weight excluding hydrogens is 258 g/mol. The van der Waals surface area contributed by atoms with Crippen molar-refractivity contribution < 1.29 is 19.8 Å². The van der Waals surface area contributed by atoms with Crippen molar-refractivity contribution in [2.24, 2.45) is 5.41 Å². The second kappa shape index (κ2) is 5.36. The van der Waals surface area contributed by atoms with Gasteiger partial charge in [0.1, 0.15) is 5.75 Å². The molecule has 1 aliphatic rings. The maximum absolute atomic E-state index is 12.0. The van der Waals surface area contributed by atoms with Crippen molar-refractivity contribution in [1.29, 1.82) is 0 Å². The van der Waals surface area contributed by atoms with E-state index in [4.69, 9.17) is 10.2 Å². The number of rotatable bonds is 3. The summed E-state index contributed by atoms with van der Waals surface area (Å²) >= 11 is 0. The molecule has 5 nitrogen and oxygen atoms in total. The summed E-state index contributed by atoms with van der Waals surface area (Å²) in [6.07, 6.45) is 3.55. The van der Waals surface area contributed by atoms with E-state index >= 15 is 0 Å². The molecule has 0 radical (unpaired) electrons. The van der Waals surface area contributed by atoms with Gasteiger partial charge in [-0.05, 0) is 37.1 Å². The summed E-state index contributed by atoms with van der Waals surface area (Å²) in [5.41, 5.74) is -0.0430. The number of aliphatic carboxylic acids is 1. The van der Waals surface area contributed by atoms with Gasteiger partial charge in [0.25, 0.3) is 0 Å². The monoisotopic (exact) mass is 275 g/mol. The number of nitrogens with zero attached hydrogens (tertiary/aromatic N) is 1. The minimum Gasteiger partial charge on any atom is -0.508 e. The van der Waals surface area contributed by atoms with Crippen LogP contribution in [0.4, 0.5) is 0 Å². The van der Waals surface area contributed by atoms with Crippen molar-refractivity contribution in [3.63, 3.8) is 0 Å². The molecule has 0 saturated carbocycles. The predicted octanol–water partition coefficient (Wildman–Crippen LogP) is 1.73. The summed E-state index contributed by atoms with van der Waals surface area (Å²) in [7, 11) is 0. The minimum atomic E-state index is -0.865. The Morgan fingerprint density at radius 3 is 2.50 bits per heavy atom. The first-order valence-corrected chi connectivity index (χ1v) is 6.40. The maximum Gasteiger partial charge on any atom is 0.311 e. The standard InChI is InChI=1S/C15H17NO4/c1-15(14(19)20)8-9-16(10-15)13(18)7-4-11-2-5-12(17)6-3-11/h2-7,17H,8-10H2,1H3,(H,19,20). The Labute approximate surface area is 117 Å². The van der Waals surface area contributed by atoms with Crippen LogP contribution >= 0.6 is 0 Å². The summed E-state index contributed by atoms with van der Waals surface area (Å²) in [5.74, 6) is -0.886. The van der Waals surface area contributed by atoms with Crippen molar-refractivity contribution >= 4 is 18.0 Å². The van der Waals surface area contributed by atoms with Gasteiger partial charge in [-0.3, -0.25) is 9.59 Å². The van der Waals surface area contributed by atoms with Crippen molar-refractivity contribution in [1.82, 2.24) is 4.90 Å². The van der Waals surface area contributed by atoms with Gasteiger partial charge in [-0.1, -0.05) is 12.1 Å². The van der Waals surface area contributed by atoms with E-state index in [0.717, 1.165) is 5.56 Å². The van der Waals surface area contributed by atoms with Crippen LogP contribution in [0, 0.1) is 5.41 Å². The fourth-order valence-electron chi connectivity index (χ4n) is 2.18. The second-order valence-corrected chi connectivity index (χ2v) is 5.30. The van der Waals surface area contributed by atoms with E-state index in [9.17, 15) is 9.59 Å². The lowest BCUT2D eigenvalue weighted by atomic mass is 9.90. The van der Waals surface area contributed by atoms with E-state index in [1.165, 1.54) is 6.08 Å². The van der Waals surface area contributed by atoms with Crippen LogP contribution in [0.3, 0.4) is 0 Å². The summed E-state index contributed by atoms with van der Waals surface area (Å²) in [6.45, 7) is 2.36. The number of amides is 1. The van der Waals surface area contributed by atoms with E-state index in [-0.39, 0.29) is 18.2 Å². The van der Waals surface area contributed by atoms with Crippen LogP contribution in [0.25, 0.3) is 6.08 Å². The number of likely N-dealkylation sites (tertiary alicyclic amines) is 1. The third-order valence-corrected chi connectivity index (χ3v) is 3.61. The highest BCUT2D eigenvalue weighted by molar-refractivity contribution is 5.92. The molecular formula is C15H17NO4. The first-order chi connectivity index (χ1) is 9.40. The highest BCUT2D eigenvalue weighted by Gasteiger charge is 2.41. The van der Waals surface area contributed by atoms with Crippen LogP contribution < -0.4 is 0 Å². The quantitative estimate of drug-likeness (QED) is 0.823. The average Bonchev–Trinajstić information content (AvgIpc) is 2.82. The van der Waals surface area contributed by atoms with Crippen LogP contribution in [-0.4, -0.2) is 40.1 Å². The molecule has 5 heteroatoms. The zero-order chi connectivity index (χ0) is 14.8. The fourth-order valence-corrected chi connectivity index (χ4v) is 2.18. The number of carboxylic acids is 1. The predicted molar refractivity (Wildman–Crippen MR) is 74.1 cm³/mol. The lowest BCUT2D eigenvalue weighted by Gasteiger charge is -2.18. The van der Waals surface area contributed by atoms with E-state index in [2.05, 4.69) is 0 Å². The molecule has 2 rings (SSSR count). The van der Waals surface area contributed by atoms with Crippen molar-refractivity contribution in [2.75, 3.05) is 13.1 Å². The zero-order valence-electron chi connectivity index (χ0n) is 11.2. The average molecular weight is 275 g/mol. The third-order valence-electron chi connectivity index (χ3n) is 3.61. The summed E-state index contributed by atoms with van der Waals surface area (Å²) in [4.78, 5) is 24.7. The van der Waals surface area contributed by atoms with Crippen LogP contribution in [0.1, 0.15) is 18.9 Å². The Morgan fingerprint density at radius 1 is 1.30 bits per heavy atom. The van der Waals surface area contributed by atoms with Crippen LogP contribution in [-0.2, 0) is 9.59 Å². The smallest absolute Gasteiger partial charge is 0.311 e. The van der Waals surface area contributed by atoms with Gasteiger partial charge in [-0.25, -0.2) is 0 Å². The van der Waals surface area contributed by atoms with Gasteiger partial charge in [-0.15, -0.1) is 0 Å². The number of aromatic hydroxyl groups is 1. The number of phenols is 1. The molecule has 1 saturated heterocycles. The van der Waals surface area contributed by atoms with Gasteiger partial charge < -0.3 is 15.1 Å². The van der Waals surface area contributed by atoms with Crippen molar-refractivity contribution in [3.05, 3.63) is 35.9 Å². The summed E-state index contributed by atoms with van der Waals surface area (Å²) in [6, 6.07) is 6.48. The maximum atomic E-state index is 12.0. The number of hydrogen-bond donors (Lipinski definition) is 2. The molecule has 0 aromatic heterocycles. The molecule has 2 N–H and O–H groups in total. The lowest BCUT2D eigenvalue weighted by Crippen LogP contribution is -2.34. The normalized spacial score (nSPS) is 22.4.